The highest BCUT2D eigenvalue weighted by molar-refractivity contribution is 5.35. The lowest BCUT2D eigenvalue weighted by molar-refractivity contribution is 0.226. The SMILES string of the molecule is C=C(C)/C=C\C(=C)Oc1cccc(O[C@@H](C)c2ccccc2)c1. The molecule has 0 aromatic heterocycles. The van der Waals surface area contributed by atoms with Crippen LogP contribution in [0.15, 0.2) is 91.2 Å². The molecule has 0 spiro atoms. The van der Waals surface area contributed by atoms with Crippen molar-refractivity contribution < 1.29 is 9.47 Å². The Morgan fingerprint density at radius 2 is 1.65 bits per heavy atom. The van der Waals surface area contributed by atoms with Gasteiger partial charge in [0.25, 0.3) is 0 Å². The molecule has 2 rings (SSSR count). The average molecular weight is 306 g/mol. The van der Waals surface area contributed by atoms with Crippen LogP contribution in [0.3, 0.4) is 0 Å². The van der Waals surface area contributed by atoms with Crippen LogP contribution in [0.2, 0.25) is 0 Å². The summed E-state index contributed by atoms with van der Waals surface area (Å²) in [7, 11) is 0. The molecule has 2 aromatic rings. The Labute approximate surface area is 138 Å². The van der Waals surface area contributed by atoms with Crippen LogP contribution < -0.4 is 9.47 Å². The Bertz CT molecular complexity index is 699. The fourth-order valence-electron chi connectivity index (χ4n) is 2.03. The summed E-state index contributed by atoms with van der Waals surface area (Å²) < 4.78 is 11.7. The van der Waals surface area contributed by atoms with Crippen molar-refractivity contribution in [2.24, 2.45) is 0 Å². The molecule has 0 bridgehead atoms. The van der Waals surface area contributed by atoms with E-state index in [0.717, 1.165) is 16.9 Å². The van der Waals surface area contributed by atoms with E-state index in [1.165, 1.54) is 0 Å². The summed E-state index contributed by atoms with van der Waals surface area (Å²) in [4.78, 5) is 0. The third-order valence-corrected chi connectivity index (χ3v) is 3.19. The second-order valence-corrected chi connectivity index (χ2v) is 5.39. The minimum atomic E-state index is -0.0297. The van der Waals surface area contributed by atoms with E-state index < -0.39 is 0 Å². The minimum absolute atomic E-state index is 0.0297. The first-order chi connectivity index (χ1) is 11.0. The maximum absolute atomic E-state index is 5.98. The summed E-state index contributed by atoms with van der Waals surface area (Å²) in [6, 6.07) is 17.7. The van der Waals surface area contributed by atoms with Crippen molar-refractivity contribution >= 4 is 0 Å². The highest BCUT2D eigenvalue weighted by Crippen LogP contribution is 2.26. The number of hydrogen-bond acceptors (Lipinski definition) is 2. The minimum Gasteiger partial charge on any atom is -0.486 e. The van der Waals surface area contributed by atoms with Gasteiger partial charge in [-0.1, -0.05) is 61.2 Å². The average Bonchev–Trinajstić information content (AvgIpc) is 2.54. The molecule has 2 heteroatoms. The number of hydrogen-bond donors (Lipinski definition) is 0. The van der Waals surface area contributed by atoms with E-state index in [9.17, 15) is 0 Å². The van der Waals surface area contributed by atoms with Crippen LogP contribution in [0.25, 0.3) is 0 Å². The molecule has 2 aromatic carbocycles. The maximum atomic E-state index is 5.98. The Balaban J connectivity index is 2.02. The lowest BCUT2D eigenvalue weighted by atomic mass is 10.1. The number of allylic oxidation sites excluding steroid dienone is 3. The molecule has 118 valence electrons. The topological polar surface area (TPSA) is 18.5 Å². The molecule has 0 fully saturated rings. The van der Waals surface area contributed by atoms with Gasteiger partial charge in [0.15, 0.2) is 0 Å². The van der Waals surface area contributed by atoms with Crippen LogP contribution in [-0.2, 0) is 0 Å². The third kappa shape index (κ3) is 5.51. The monoisotopic (exact) mass is 306 g/mol. The van der Waals surface area contributed by atoms with E-state index in [-0.39, 0.29) is 6.10 Å². The Kier molecular flexibility index (Phi) is 5.81. The Morgan fingerprint density at radius 1 is 0.957 bits per heavy atom. The van der Waals surface area contributed by atoms with Gasteiger partial charge in [0.1, 0.15) is 23.4 Å². The highest BCUT2D eigenvalue weighted by Gasteiger charge is 2.07. The summed E-state index contributed by atoms with van der Waals surface area (Å²) in [5.41, 5.74) is 2.08. The lowest BCUT2D eigenvalue weighted by Gasteiger charge is -2.16. The quantitative estimate of drug-likeness (QED) is 0.472. The molecule has 0 saturated heterocycles. The van der Waals surface area contributed by atoms with Crippen molar-refractivity contribution in [2.75, 3.05) is 0 Å². The first-order valence-corrected chi connectivity index (χ1v) is 7.56. The van der Waals surface area contributed by atoms with E-state index in [1.54, 1.807) is 6.08 Å². The molecule has 23 heavy (non-hydrogen) atoms. The molecule has 0 amide bonds. The summed E-state index contributed by atoms with van der Waals surface area (Å²) in [6.45, 7) is 11.6. The van der Waals surface area contributed by atoms with E-state index in [4.69, 9.17) is 9.47 Å². The van der Waals surface area contributed by atoms with Gasteiger partial charge in [0.05, 0.1) is 0 Å². The summed E-state index contributed by atoms with van der Waals surface area (Å²) >= 11 is 0. The van der Waals surface area contributed by atoms with E-state index in [2.05, 4.69) is 25.3 Å². The van der Waals surface area contributed by atoms with Crippen molar-refractivity contribution in [2.45, 2.75) is 20.0 Å². The molecular weight excluding hydrogens is 284 g/mol. The molecule has 0 heterocycles. The first-order valence-electron chi connectivity index (χ1n) is 7.56. The first kappa shape index (κ1) is 16.6. The predicted octanol–water partition coefficient (Wildman–Crippen LogP) is 5.85. The van der Waals surface area contributed by atoms with Gasteiger partial charge in [-0.3, -0.25) is 0 Å². The van der Waals surface area contributed by atoms with Crippen LogP contribution in [-0.4, -0.2) is 0 Å². The summed E-state index contributed by atoms with van der Waals surface area (Å²) in [5, 5.41) is 0. The van der Waals surface area contributed by atoms with E-state index >= 15 is 0 Å². The predicted molar refractivity (Wildman–Crippen MR) is 95.6 cm³/mol. The van der Waals surface area contributed by atoms with Crippen molar-refractivity contribution in [3.05, 3.63) is 96.8 Å². The zero-order chi connectivity index (χ0) is 16.7. The van der Waals surface area contributed by atoms with Crippen LogP contribution in [0, 0.1) is 0 Å². The molecule has 0 aliphatic rings. The zero-order valence-electron chi connectivity index (χ0n) is 13.7. The van der Waals surface area contributed by atoms with Crippen molar-refractivity contribution in [3.63, 3.8) is 0 Å². The molecule has 0 unspecified atom stereocenters. The molecule has 2 nitrogen and oxygen atoms in total. The standard InChI is InChI=1S/C21H22O2/c1-16(2)13-14-17(3)22-20-11-8-12-21(15-20)23-18(4)19-9-6-5-7-10-19/h5-15,18H,1,3H2,2,4H3/b14-13-/t18-/m0/s1. The van der Waals surface area contributed by atoms with Crippen molar-refractivity contribution in [3.8, 4) is 11.5 Å². The van der Waals surface area contributed by atoms with Gasteiger partial charge in [-0.25, -0.2) is 0 Å². The van der Waals surface area contributed by atoms with Gasteiger partial charge in [0, 0.05) is 6.07 Å². The normalized spacial score (nSPS) is 11.9. The van der Waals surface area contributed by atoms with Gasteiger partial charge in [-0.05, 0) is 37.6 Å². The smallest absolute Gasteiger partial charge is 0.131 e. The fourth-order valence-corrected chi connectivity index (χ4v) is 2.03. The number of ether oxygens (including phenoxy) is 2. The maximum Gasteiger partial charge on any atom is 0.131 e. The van der Waals surface area contributed by atoms with Gasteiger partial charge in [-0.15, -0.1) is 0 Å². The highest BCUT2D eigenvalue weighted by atomic mass is 16.5. The fraction of sp³-hybridized carbons (Fsp3) is 0.143. The molecule has 1 atom stereocenters. The Morgan fingerprint density at radius 3 is 2.35 bits per heavy atom. The van der Waals surface area contributed by atoms with Crippen molar-refractivity contribution in [1.29, 1.82) is 0 Å². The second-order valence-electron chi connectivity index (χ2n) is 5.39. The second kappa shape index (κ2) is 8.04. The van der Waals surface area contributed by atoms with Gasteiger partial charge in [0.2, 0.25) is 0 Å². The lowest BCUT2D eigenvalue weighted by Crippen LogP contribution is -2.02. The van der Waals surface area contributed by atoms with E-state index in [0.29, 0.717) is 11.5 Å². The summed E-state index contributed by atoms with van der Waals surface area (Å²) in [6.07, 6.45) is 3.63. The third-order valence-electron chi connectivity index (χ3n) is 3.19. The Hall–Kier alpha value is -2.74. The van der Waals surface area contributed by atoms with Crippen LogP contribution in [0.4, 0.5) is 0 Å². The van der Waals surface area contributed by atoms with Gasteiger partial charge in [-0.2, -0.15) is 0 Å². The van der Waals surface area contributed by atoms with Gasteiger partial charge < -0.3 is 9.47 Å². The van der Waals surface area contributed by atoms with Crippen LogP contribution in [0.5, 0.6) is 11.5 Å². The zero-order valence-corrected chi connectivity index (χ0v) is 13.7. The molecular formula is C21H22O2. The summed E-state index contributed by atoms with van der Waals surface area (Å²) in [5.74, 6) is 2.01. The molecule has 0 saturated carbocycles. The molecule has 0 aliphatic heterocycles. The number of rotatable bonds is 7. The molecule has 0 radical (unpaired) electrons. The van der Waals surface area contributed by atoms with Gasteiger partial charge >= 0.3 is 0 Å². The number of benzene rings is 2. The largest absolute Gasteiger partial charge is 0.486 e. The molecule has 0 N–H and O–H groups in total. The van der Waals surface area contributed by atoms with Crippen LogP contribution in [0.1, 0.15) is 25.5 Å². The van der Waals surface area contributed by atoms with E-state index in [1.807, 2.05) is 62.4 Å². The molecule has 0 aliphatic carbocycles. The van der Waals surface area contributed by atoms with Crippen molar-refractivity contribution in [1.82, 2.24) is 0 Å². The van der Waals surface area contributed by atoms with Crippen LogP contribution >= 0.6 is 0 Å².